The lowest BCUT2D eigenvalue weighted by atomic mass is 10.1. The maximum atomic E-state index is 13.0. The lowest BCUT2D eigenvalue weighted by molar-refractivity contribution is 0.0651. The topological polar surface area (TPSA) is 98.6 Å². The van der Waals surface area contributed by atoms with Crippen LogP contribution in [0, 0.1) is 0 Å². The molecule has 1 fully saturated rings. The highest BCUT2D eigenvalue weighted by molar-refractivity contribution is 6.32. The molecule has 4 rings (SSSR count). The Morgan fingerprint density at radius 2 is 1.89 bits per heavy atom. The smallest absolute Gasteiger partial charge is 0.257 e. The van der Waals surface area contributed by atoms with Gasteiger partial charge in [-0.15, -0.1) is 0 Å². The third-order valence-electron chi connectivity index (χ3n) is 5.16. The van der Waals surface area contributed by atoms with Crippen LogP contribution in [-0.2, 0) is 7.05 Å². The average molecular weight is 506 g/mol. The fourth-order valence-electron chi connectivity index (χ4n) is 3.23. The molecular formula is C23H22ClF2N5O4. The van der Waals surface area contributed by atoms with Gasteiger partial charge in [0, 0.05) is 50.2 Å². The number of nitrogens with one attached hydrogen (secondary N) is 1. The molecule has 9 nitrogen and oxygen atoms in total. The Hall–Kier alpha value is -3.73. The van der Waals surface area contributed by atoms with Gasteiger partial charge >= 0.3 is 0 Å². The van der Waals surface area contributed by atoms with Crippen molar-refractivity contribution in [1.82, 2.24) is 19.7 Å². The van der Waals surface area contributed by atoms with Crippen LogP contribution in [0.25, 0.3) is 0 Å². The number of halogens is 3. The van der Waals surface area contributed by atoms with Crippen molar-refractivity contribution < 1.29 is 27.8 Å². The highest BCUT2D eigenvalue weighted by Gasteiger charge is 2.23. The first-order valence-electron chi connectivity index (χ1n) is 10.7. The minimum atomic E-state index is -1.34. The lowest BCUT2D eigenvalue weighted by Crippen LogP contribution is -2.42. The van der Waals surface area contributed by atoms with Crippen LogP contribution in [0.2, 0.25) is 5.02 Å². The molecule has 0 aliphatic carbocycles. The van der Waals surface area contributed by atoms with Gasteiger partial charge in [0.15, 0.2) is 11.9 Å². The van der Waals surface area contributed by atoms with Crippen molar-refractivity contribution >= 4 is 29.2 Å². The van der Waals surface area contributed by atoms with Crippen LogP contribution in [0.1, 0.15) is 27.1 Å². The van der Waals surface area contributed by atoms with Gasteiger partial charge in [0.25, 0.3) is 11.8 Å². The number of anilines is 1. The number of rotatable bonds is 9. The van der Waals surface area contributed by atoms with Gasteiger partial charge in [0.1, 0.15) is 29.9 Å². The van der Waals surface area contributed by atoms with E-state index < -0.39 is 25.4 Å². The number of carbonyl (C=O) groups excluding carboxylic acids is 2. The second-order valence-corrected chi connectivity index (χ2v) is 8.24. The minimum Gasteiger partial charge on any atom is -0.485 e. The van der Waals surface area contributed by atoms with Crippen molar-refractivity contribution in [2.45, 2.75) is 12.5 Å². The maximum absolute atomic E-state index is 13.0. The number of likely N-dealkylation sites (tertiary alicyclic amines) is 1. The highest BCUT2D eigenvalue weighted by atomic mass is 35.5. The fourth-order valence-corrected chi connectivity index (χ4v) is 3.43. The van der Waals surface area contributed by atoms with Gasteiger partial charge in [0.2, 0.25) is 5.88 Å². The van der Waals surface area contributed by atoms with Crippen molar-refractivity contribution in [3.63, 3.8) is 0 Å². The second-order valence-electron chi connectivity index (χ2n) is 7.83. The van der Waals surface area contributed by atoms with E-state index in [1.807, 2.05) is 0 Å². The number of benzene rings is 1. The van der Waals surface area contributed by atoms with E-state index >= 15 is 0 Å². The normalized spacial score (nSPS) is 12.9. The molecule has 1 N–H and O–H groups in total. The molecule has 0 unspecified atom stereocenters. The van der Waals surface area contributed by atoms with E-state index in [2.05, 4.69) is 15.4 Å². The number of amides is 2. The molecule has 0 spiro atoms. The summed E-state index contributed by atoms with van der Waals surface area (Å²) < 4.78 is 38.7. The largest absolute Gasteiger partial charge is 0.485 e. The summed E-state index contributed by atoms with van der Waals surface area (Å²) in [5.74, 6) is -0.345. The lowest BCUT2D eigenvalue weighted by Gasteiger charge is -2.30. The molecule has 0 atom stereocenters. The second kappa shape index (κ2) is 10.7. The zero-order valence-corrected chi connectivity index (χ0v) is 19.5. The SMILES string of the molecule is Cn1ccc(NC(=O)c2cc(Oc3ncc(C(=O)N4CCC4)cc3Cl)cc(OC(CF)CF)c2)n1. The first-order valence-corrected chi connectivity index (χ1v) is 11.1. The summed E-state index contributed by atoms with van der Waals surface area (Å²) in [6.07, 6.45) is 2.61. The maximum Gasteiger partial charge on any atom is 0.257 e. The number of alkyl halides is 2. The molecule has 35 heavy (non-hydrogen) atoms. The van der Waals surface area contributed by atoms with Gasteiger partial charge in [-0.2, -0.15) is 5.10 Å². The molecule has 3 heterocycles. The van der Waals surface area contributed by atoms with Gasteiger partial charge < -0.3 is 19.7 Å². The molecule has 1 aliphatic heterocycles. The molecule has 0 bridgehead atoms. The van der Waals surface area contributed by atoms with E-state index in [4.69, 9.17) is 21.1 Å². The van der Waals surface area contributed by atoms with E-state index in [0.717, 1.165) is 6.42 Å². The summed E-state index contributed by atoms with van der Waals surface area (Å²) in [7, 11) is 1.70. The van der Waals surface area contributed by atoms with Crippen LogP contribution in [0.4, 0.5) is 14.6 Å². The number of aromatic nitrogens is 3. The molecule has 2 amide bonds. The van der Waals surface area contributed by atoms with Gasteiger partial charge in [-0.1, -0.05) is 11.6 Å². The van der Waals surface area contributed by atoms with Crippen LogP contribution in [0.15, 0.2) is 42.7 Å². The zero-order chi connectivity index (χ0) is 24.9. The average Bonchev–Trinajstić information content (AvgIpc) is 3.21. The number of nitrogens with zero attached hydrogens (tertiary/aromatic N) is 4. The van der Waals surface area contributed by atoms with Crippen molar-refractivity contribution in [3.05, 3.63) is 58.9 Å². The van der Waals surface area contributed by atoms with Gasteiger partial charge in [-0.05, 0) is 24.6 Å². The summed E-state index contributed by atoms with van der Waals surface area (Å²) in [4.78, 5) is 31.0. The minimum absolute atomic E-state index is 0.00896. The van der Waals surface area contributed by atoms with E-state index in [1.165, 1.54) is 35.1 Å². The summed E-state index contributed by atoms with van der Waals surface area (Å²) in [6, 6.07) is 7.12. The van der Waals surface area contributed by atoms with Crippen LogP contribution in [-0.4, -0.2) is 64.0 Å². The molecule has 3 aromatic rings. The molecule has 0 saturated carbocycles. The number of pyridine rings is 1. The van der Waals surface area contributed by atoms with Crippen LogP contribution >= 0.6 is 11.6 Å². The Balaban J connectivity index is 1.59. The van der Waals surface area contributed by atoms with Crippen molar-refractivity contribution in [3.8, 4) is 17.4 Å². The quantitative estimate of drug-likeness (QED) is 0.471. The van der Waals surface area contributed by atoms with Gasteiger partial charge in [0.05, 0.1) is 5.56 Å². The van der Waals surface area contributed by atoms with Gasteiger partial charge in [-0.25, -0.2) is 13.8 Å². The van der Waals surface area contributed by atoms with Crippen LogP contribution in [0.5, 0.6) is 17.4 Å². The number of carbonyl (C=O) groups is 2. The van der Waals surface area contributed by atoms with Crippen molar-refractivity contribution in [2.75, 3.05) is 31.8 Å². The monoisotopic (exact) mass is 505 g/mol. The van der Waals surface area contributed by atoms with Crippen LogP contribution < -0.4 is 14.8 Å². The molecule has 184 valence electrons. The first kappa shape index (κ1) is 24.4. The van der Waals surface area contributed by atoms with E-state index in [0.29, 0.717) is 24.5 Å². The Morgan fingerprint density at radius 1 is 1.14 bits per heavy atom. The Kier molecular flexibility index (Phi) is 7.45. The molecule has 12 heteroatoms. The summed E-state index contributed by atoms with van der Waals surface area (Å²) in [5.41, 5.74) is 0.406. The molecule has 1 aliphatic rings. The van der Waals surface area contributed by atoms with Crippen molar-refractivity contribution in [1.29, 1.82) is 0 Å². The number of hydrogen-bond acceptors (Lipinski definition) is 6. The molecule has 2 aromatic heterocycles. The molecule has 1 aromatic carbocycles. The Morgan fingerprint density at radius 3 is 2.49 bits per heavy atom. The van der Waals surface area contributed by atoms with E-state index in [1.54, 1.807) is 24.2 Å². The Bertz CT molecular complexity index is 1230. The predicted molar refractivity (Wildman–Crippen MR) is 124 cm³/mol. The number of hydrogen-bond donors (Lipinski definition) is 1. The Labute approximate surface area is 204 Å². The predicted octanol–water partition coefficient (Wildman–Crippen LogP) is 4.05. The zero-order valence-electron chi connectivity index (χ0n) is 18.7. The summed E-state index contributed by atoms with van der Waals surface area (Å²) in [6.45, 7) is -0.749. The number of ether oxygens (including phenoxy) is 2. The van der Waals surface area contributed by atoms with E-state index in [-0.39, 0.29) is 33.9 Å². The van der Waals surface area contributed by atoms with E-state index in [9.17, 15) is 18.4 Å². The summed E-state index contributed by atoms with van der Waals surface area (Å²) >= 11 is 6.29. The highest BCUT2D eigenvalue weighted by Crippen LogP contribution is 2.32. The molecule has 1 saturated heterocycles. The third-order valence-corrected chi connectivity index (χ3v) is 5.43. The molecular weight excluding hydrogens is 484 g/mol. The summed E-state index contributed by atoms with van der Waals surface area (Å²) in [5, 5.41) is 6.78. The van der Waals surface area contributed by atoms with Crippen molar-refractivity contribution in [2.24, 2.45) is 7.05 Å². The first-order chi connectivity index (χ1) is 16.9. The third kappa shape index (κ3) is 5.86. The molecule has 0 radical (unpaired) electrons. The van der Waals surface area contributed by atoms with Crippen LogP contribution in [0.3, 0.4) is 0 Å². The standard InChI is InChI=1S/C23H22ClF2N5O4/c1-30-6-3-20(29-30)28-21(32)14-7-16(34-18(11-25)12-26)10-17(8-14)35-22-19(24)9-15(13-27-22)23(33)31-4-2-5-31/h3,6-10,13,18H,2,4-5,11-12H2,1H3,(H,28,29,32). The fraction of sp³-hybridized carbons (Fsp3) is 0.304. The van der Waals surface area contributed by atoms with Gasteiger partial charge in [-0.3, -0.25) is 14.3 Å². The number of aryl methyl sites for hydroxylation is 1.